The number of carbonyl (C=O) groups is 1. The molecule has 1 amide bonds. The number of aryl methyl sites for hydroxylation is 1. The lowest BCUT2D eigenvalue weighted by molar-refractivity contribution is -0.115. The number of hydrogen-bond donors (Lipinski definition) is 2. The van der Waals surface area contributed by atoms with Gasteiger partial charge in [-0.15, -0.1) is 0 Å². The first-order valence-corrected chi connectivity index (χ1v) is 12.5. The Balaban J connectivity index is 1.55. The molecule has 2 N–H and O–H groups in total. The van der Waals surface area contributed by atoms with Crippen LogP contribution in [0.2, 0.25) is 5.02 Å². The molecule has 0 bridgehead atoms. The van der Waals surface area contributed by atoms with E-state index in [0.29, 0.717) is 16.6 Å². The van der Waals surface area contributed by atoms with Gasteiger partial charge < -0.3 is 20.0 Å². The summed E-state index contributed by atoms with van der Waals surface area (Å²) in [6, 6.07) is 22.7. The maximum atomic E-state index is 11.9. The average molecular weight is 517 g/mol. The summed E-state index contributed by atoms with van der Waals surface area (Å²) >= 11 is 11.9. The Morgan fingerprint density at radius 1 is 1.14 bits per heavy atom. The van der Waals surface area contributed by atoms with Crippen molar-refractivity contribution in [2.75, 3.05) is 10.2 Å². The van der Waals surface area contributed by atoms with Crippen LogP contribution >= 0.6 is 23.8 Å². The number of amides is 1. The summed E-state index contributed by atoms with van der Waals surface area (Å²) in [5, 5.41) is 7.64. The first kappa shape index (κ1) is 24.0. The summed E-state index contributed by atoms with van der Waals surface area (Å²) in [5.41, 5.74) is 4.42. The Hall–Kier alpha value is -3.68. The number of aromatic nitrogens is 1. The van der Waals surface area contributed by atoms with Crippen LogP contribution < -0.4 is 15.5 Å². The second-order valence-electron chi connectivity index (χ2n) is 8.61. The summed E-state index contributed by atoms with van der Waals surface area (Å²) in [7, 11) is 0. The number of halogens is 1. The van der Waals surface area contributed by atoms with Gasteiger partial charge in [0, 0.05) is 34.6 Å². The van der Waals surface area contributed by atoms with Crippen LogP contribution in [0.15, 0.2) is 83.4 Å². The standard InChI is InChI=1S/C28H25ClN4O2S/c1-3-25(34)31-21-12-11-20(16-17(21)2)33-27(26(32-28(33)36)22-6-4-5-15-30-22)24-14-13-23(35-24)18-7-9-19(29)10-8-18/h4-16,26-27H,3H2,1-2H3,(H,31,34)(H,32,36). The highest BCUT2D eigenvalue weighted by atomic mass is 35.5. The number of rotatable bonds is 6. The molecule has 5 rings (SSSR count). The lowest BCUT2D eigenvalue weighted by Crippen LogP contribution is -2.29. The van der Waals surface area contributed by atoms with Crippen molar-refractivity contribution in [1.29, 1.82) is 0 Å². The van der Waals surface area contributed by atoms with Gasteiger partial charge in [-0.3, -0.25) is 9.78 Å². The van der Waals surface area contributed by atoms with Crippen LogP contribution in [-0.4, -0.2) is 16.0 Å². The molecule has 2 atom stereocenters. The number of nitrogens with one attached hydrogen (secondary N) is 2. The van der Waals surface area contributed by atoms with Gasteiger partial charge in [-0.25, -0.2) is 0 Å². The van der Waals surface area contributed by atoms with Crippen molar-refractivity contribution < 1.29 is 9.21 Å². The predicted octanol–water partition coefficient (Wildman–Crippen LogP) is 6.83. The highest BCUT2D eigenvalue weighted by Crippen LogP contribution is 2.43. The lowest BCUT2D eigenvalue weighted by atomic mass is 10.0. The largest absolute Gasteiger partial charge is 0.459 e. The highest BCUT2D eigenvalue weighted by Gasteiger charge is 2.42. The summed E-state index contributed by atoms with van der Waals surface area (Å²) in [4.78, 5) is 18.6. The molecule has 0 aliphatic carbocycles. The molecule has 182 valence electrons. The molecule has 1 saturated heterocycles. The van der Waals surface area contributed by atoms with E-state index in [1.165, 1.54) is 0 Å². The number of carbonyl (C=O) groups excluding carboxylic acids is 1. The van der Waals surface area contributed by atoms with Crippen LogP contribution in [0.1, 0.15) is 42.4 Å². The zero-order valence-electron chi connectivity index (χ0n) is 19.9. The second-order valence-corrected chi connectivity index (χ2v) is 9.43. The molecule has 1 aliphatic rings. The van der Waals surface area contributed by atoms with Crippen molar-refractivity contribution in [3.05, 3.63) is 101 Å². The van der Waals surface area contributed by atoms with E-state index < -0.39 is 0 Å². The number of benzene rings is 2. The Morgan fingerprint density at radius 3 is 2.64 bits per heavy atom. The number of nitrogens with zero attached hydrogens (tertiary/aromatic N) is 2. The van der Waals surface area contributed by atoms with Gasteiger partial charge >= 0.3 is 0 Å². The fourth-order valence-electron chi connectivity index (χ4n) is 4.38. The summed E-state index contributed by atoms with van der Waals surface area (Å²) < 4.78 is 6.40. The number of pyridine rings is 1. The van der Waals surface area contributed by atoms with Gasteiger partial charge in [0.2, 0.25) is 5.91 Å². The van der Waals surface area contributed by atoms with Gasteiger partial charge in [-0.05, 0) is 91.4 Å². The molecule has 0 radical (unpaired) electrons. The molecule has 2 unspecified atom stereocenters. The van der Waals surface area contributed by atoms with Crippen molar-refractivity contribution in [1.82, 2.24) is 10.3 Å². The Kier molecular flexibility index (Phi) is 6.76. The van der Waals surface area contributed by atoms with Crippen LogP contribution in [0, 0.1) is 6.92 Å². The van der Waals surface area contributed by atoms with Gasteiger partial charge in [0.15, 0.2) is 5.11 Å². The van der Waals surface area contributed by atoms with E-state index in [0.717, 1.165) is 39.7 Å². The van der Waals surface area contributed by atoms with E-state index in [4.69, 9.17) is 28.2 Å². The number of thiocarbonyl (C=S) groups is 1. The SMILES string of the molecule is CCC(=O)Nc1ccc(N2C(=S)NC(c3ccccn3)C2c2ccc(-c3ccc(Cl)cc3)o2)cc1C. The normalized spacial score (nSPS) is 17.2. The third-order valence-corrected chi connectivity index (χ3v) is 6.80. The lowest BCUT2D eigenvalue weighted by Gasteiger charge is -2.26. The maximum Gasteiger partial charge on any atom is 0.224 e. The van der Waals surface area contributed by atoms with Gasteiger partial charge in [-0.2, -0.15) is 0 Å². The molecule has 4 aromatic rings. The minimum Gasteiger partial charge on any atom is -0.459 e. The topological polar surface area (TPSA) is 70.4 Å². The first-order chi connectivity index (χ1) is 17.4. The molecule has 0 saturated carbocycles. The zero-order valence-corrected chi connectivity index (χ0v) is 21.4. The molecular weight excluding hydrogens is 492 g/mol. The first-order valence-electron chi connectivity index (χ1n) is 11.7. The van der Waals surface area contributed by atoms with E-state index in [1.54, 1.807) is 6.20 Å². The van der Waals surface area contributed by atoms with Gasteiger partial charge in [0.1, 0.15) is 17.6 Å². The molecular formula is C28H25ClN4O2S. The Bertz CT molecular complexity index is 1400. The van der Waals surface area contributed by atoms with E-state index >= 15 is 0 Å². The van der Waals surface area contributed by atoms with E-state index in [-0.39, 0.29) is 18.0 Å². The molecule has 1 fully saturated rings. The fraction of sp³-hybridized carbons (Fsp3) is 0.179. The number of anilines is 2. The maximum absolute atomic E-state index is 11.9. The molecule has 1 aliphatic heterocycles. The quantitative estimate of drug-likeness (QED) is 0.274. The van der Waals surface area contributed by atoms with Gasteiger partial charge in [-0.1, -0.05) is 24.6 Å². The third kappa shape index (κ3) is 4.72. The molecule has 36 heavy (non-hydrogen) atoms. The smallest absolute Gasteiger partial charge is 0.224 e. The Labute approximate surface area is 220 Å². The Morgan fingerprint density at radius 2 is 1.94 bits per heavy atom. The minimum absolute atomic E-state index is 0.0254. The molecule has 3 heterocycles. The molecule has 6 nitrogen and oxygen atoms in total. The van der Waals surface area contributed by atoms with E-state index in [2.05, 4.69) is 20.5 Å². The minimum atomic E-state index is -0.274. The van der Waals surface area contributed by atoms with Crippen molar-refractivity contribution in [2.24, 2.45) is 0 Å². The molecule has 8 heteroatoms. The van der Waals surface area contributed by atoms with Crippen molar-refractivity contribution >= 4 is 46.2 Å². The van der Waals surface area contributed by atoms with Crippen LogP contribution in [0.5, 0.6) is 0 Å². The van der Waals surface area contributed by atoms with Gasteiger partial charge in [0.25, 0.3) is 0 Å². The molecule has 2 aromatic heterocycles. The fourth-order valence-corrected chi connectivity index (χ4v) is 4.85. The van der Waals surface area contributed by atoms with Crippen molar-refractivity contribution in [3.8, 4) is 11.3 Å². The number of hydrogen-bond acceptors (Lipinski definition) is 4. The van der Waals surface area contributed by atoms with E-state index in [1.807, 2.05) is 86.6 Å². The van der Waals surface area contributed by atoms with Crippen molar-refractivity contribution in [2.45, 2.75) is 32.4 Å². The van der Waals surface area contributed by atoms with Crippen LogP contribution in [0.3, 0.4) is 0 Å². The summed E-state index contributed by atoms with van der Waals surface area (Å²) in [6.45, 7) is 3.80. The molecule has 0 spiro atoms. The monoisotopic (exact) mass is 516 g/mol. The van der Waals surface area contributed by atoms with Crippen molar-refractivity contribution in [3.63, 3.8) is 0 Å². The second kappa shape index (κ2) is 10.1. The number of furan rings is 1. The van der Waals surface area contributed by atoms with Gasteiger partial charge in [0.05, 0.1) is 11.7 Å². The summed E-state index contributed by atoms with van der Waals surface area (Å²) in [6.07, 6.45) is 2.19. The molecule has 2 aromatic carbocycles. The predicted molar refractivity (Wildman–Crippen MR) is 147 cm³/mol. The van der Waals surface area contributed by atoms with Crippen LogP contribution in [0.4, 0.5) is 11.4 Å². The zero-order chi connectivity index (χ0) is 25.2. The van der Waals surface area contributed by atoms with E-state index in [9.17, 15) is 4.79 Å². The highest BCUT2D eigenvalue weighted by molar-refractivity contribution is 7.80. The summed E-state index contributed by atoms with van der Waals surface area (Å²) in [5.74, 6) is 1.47. The van der Waals surface area contributed by atoms with Crippen LogP contribution in [0.25, 0.3) is 11.3 Å². The van der Waals surface area contributed by atoms with Crippen LogP contribution in [-0.2, 0) is 4.79 Å². The third-order valence-electron chi connectivity index (χ3n) is 6.23. The average Bonchev–Trinajstić information content (AvgIpc) is 3.51.